The molecule has 1 unspecified atom stereocenters. The molecule has 38 heavy (non-hydrogen) atoms. The molecule has 0 aliphatic carbocycles. The van der Waals surface area contributed by atoms with Gasteiger partial charge in [-0.3, -0.25) is 9.59 Å². The van der Waals surface area contributed by atoms with E-state index in [2.05, 4.69) is 20.8 Å². The summed E-state index contributed by atoms with van der Waals surface area (Å²) in [5.74, 6) is -5.88. The van der Waals surface area contributed by atoms with Gasteiger partial charge in [0.15, 0.2) is 0 Å². The third-order valence-corrected chi connectivity index (χ3v) is 6.32. The average molecular weight is 545 g/mol. The van der Waals surface area contributed by atoms with Gasteiger partial charge in [-0.1, -0.05) is 35.0 Å². The smallest absolute Gasteiger partial charge is 0.276 e. The third kappa shape index (κ3) is 6.16. The topological polar surface area (TPSA) is 124 Å². The predicted molar refractivity (Wildman–Crippen MR) is 139 cm³/mol. The molecule has 1 aliphatic heterocycles. The summed E-state index contributed by atoms with van der Waals surface area (Å²) in [6, 6.07) is 11.5. The van der Waals surface area contributed by atoms with Gasteiger partial charge in [-0.15, -0.1) is 0 Å². The number of benzene rings is 2. The highest BCUT2D eigenvalue weighted by atomic mass is 35.5. The number of piperidine rings is 1. The molecule has 1 aliphatic rings. The molecular weight excluding hydrogens is 518 g/mol. The summed E-state index contributed by atoms with van der Waals surface area (Å²) >= 11 is 5.88. The van der Waals surface area contributed by atoms with Crippen molar-refractivity contribution in [2.45, 2.75) is 38.2 Å². The first-order valence-electron chi connectivity index (χ1n) is 12.0. The number of carbonyl (C=O) groups is 2. The number of anilines is 1. The number of aromatic nitrogens is 2. The molecular formula is C26H27ClF2N6O3. The zero-order valence-corrected chi connectivity index (χ0v) is 21.6. The summed E-state index contributed by atoms with van der Waals surface area (Å²) in [5.41, 5.74) is 2.18. The van der Waals surface area contributed by atoms with Gasteiger partial charge in [0, 0.05) is 46.2 Å². The number of amides is 2. The van der Waals surface area contributed by atoms with E-state index in [1.807, 2.05) is 13.8 Å². The number of carbonyl (C=O) groups excluding carboxylic acids is 2. The first-order chi connectivity index (χ1) is 18.1. The first-order valence-corrected chi connectivity index (χ1v) is 12.4. The standard InChI is InChI=1S/C26H27ClF2N6O3/c1-15(2)32-21-11-16(6-7-18(21)12-30)23-33-25(38-34-23)20-8-9-35(14-26(20,28)29)22(36)13-31-24(37)17-4-3-5-19(27)10-17/h3-7,10-12,15,20,30,32H,8-9,13-14H2,1-2H3,(H,31,37). The van der Waals surface area contributed by atoms with Crippen LogP contribution in [0.25, 0.3) is 11.4 Å². The van der Waals surface area contributed by atoms with E-state index in [0.717, 1.165) is 4.90 Å². The van der Waals surface area contributed by atoms with Crippen molar-refractivity contribution in [2.24, 2.45) is 0 Å². The molecule has 2 heterocycles. The van der Waals surface area contributed by atoms with Crippen molar-refractivity contribution in [2.75, 3.05) is 25.0 Å². The van der Waals surface area contributed by atoms with Gasteiger partial charge in [0.05, 0.1) is 13.1 Å². The molecule has 2 amide bonds. The third-order valence-electron chi connectivity index (χ3n) is 6.09. The molecule has 1 atom stereocenters. The van der Waals surface area contributed by atoms with E-state index < -0.39 is 36.7 Å². The highest BCUT2D eigenvalue weighted by Gasteiger charge is 2.49. The largest absolute Gasteiger partial charge is 0.382 e. The molecule has 0 bridgehead atoms. The number of alkyl halides is 2. The lowest BCUT2D eigenvalue weighted by Crippen LogP contribution is -2.52. The predicted octanol–water partition coefficient (Wildman–Crippen LogP) is 4.59. The van der Waals surface area contributed by atoms with Crippen LogP contribution in [0.15, 0.2) is 47.0 Å². The fourth-order valence-electron chi connectivity index (χ4n) is 4.21. The zero-order chi connectivity index (χ0) is 27.4. The van der Waals surface area contributed by atoms with Gasteiger partial charge < -0.3 is 25.5 Å². The Labute approximate surface area is 223 Å². The summed E-state index contributed by atoms with van der Waals surface area (Å²) < 4.78 is 35.5. The first kappa shape index (κ1) is 27.2. The van der Waals surface area contributed by atoms with Crippen molar-refractivity contribution < 1.29 is 22.9 Å². The van der Waals surface area contributed by atoms with Gasteiger partial charge in [-0.25, -0.2) is 8.78 Å². The van der Waals surface area contributed by atoms with Crippen LogP contribution in [0.1, 0.15) is 48.0 Å². The van der Waals surface area contributed by atoms with Gasteiger partial charge in [0.1, 0.15) is 5.92 Å². The molecule has 4 rings (SSSR count). The van der Waals surface area contributed by atoms with E-state index in [1.54, 1.807) is 30.3 Å². The van der Waals surface area contributed by atoms with Crippen molar-refractivity contribution in [3.63, 3.8) is 0 Å². The van der Waals surface area contributed by atoms with Gasteiger partial charge in [-0.2, -0.15) is 4.98 Å². The van der Waals surface area contributed by atoms with Gasteiger partial charge in [0.25, 0.3) is 11.8 Å². The van der Waals surface area contributed by atoms with E-state index >= 15 is 8.78 Å². The van der Waals surface area contributed by atoms with Crippen LogP contribution in [0.3, 0.4) is 0 Å². The maximum absolute atomic E-state index is 15.1. The fraction of sp³-hybridized carbons (Fsp3) is 0.346. The SMILES string of the molecule is CC(C)Nc1cc(-c2noc(C3CCN(C(=O)CNC(=O)c4cccc(Cl)c4)CC3(F)F)n2)ccc1C=N. The lowest BCUT2D eigenvalue weighted by atomic mass is 9.92. The molecule has 12 heteroatoms. The molecule has 3 aromatic rings. The van der Waals surface area contributed by atoms with E-state index in [-0.39, 0.29) is 36.3 Å². The normalized spacial score (nSPS) is 16.8. The quantitative estimate of drug-likeness (QED) is 0.356. The molecule has 0 saturated carbocycles. The van der Waals surface area contributed by atoms with Gasteiger partial charge in [0.2, 0.25) is 17.6 Å². The number of halogens is 3. The van der Waals surface area contributed by atoms with Crippen LogP contribution in [0.2, 0.25) is 5.02 Å². The number of nitrogens with zero attached hydrogens (tertiary/aromatic N) is 3. The minimum absolute atomic E-state index is 0.0420. The Morgan fingerprint density at radius 1 is 1.29 bits per heavy atom. The molecule has 200 valence electrons. The van der Waals surface area contributed by atoms with Crippen molar-refractivity contribution in [3.8, 4) is 11.4 Å². The van der Waals surface area contributed by atoms with Crippen molar-refractivity contribution in [1.82, 2.24) is 20.4 Å². The summed E-state index contributed by atoms with van der Waals surface area (Å²) in [5, 5.41) is 17.5. The second kappa shape index (κ2) is 11.3. The van der Waals surface area contributed by atoms with Crippen LogP contribution in [0.4, 0.5) is 14.5 Å². The molecule has 1 fully saturated rings. The summed E-state index contributed by atoms with van der Waals surface area (Å²) in [4.78, 5) is 30.1. The van der Waals surface area contributed by atoms with E-state index in [4.69, 9.17) is 21.5 Å². The van der Waals surface area contributed by atoms with E-state index in [1.165, 1.54) is 18.3 Å². The number of nitrogens with one attached hydrogen (secondary N) is 3. The van der Waals surface area contributed by atoms with Gasteiger partial charge in [-0.05, 0) is 44.5 Å². The van der Waals surface area contributed by atoms with Crippen LogP contribution >= 0.6 is 11.6 Å². The zero-order valence-electron chi connectivity index (χ0n) is 20.8. The summed E-state index contributed by atoms with van der Waals surface area (Å²) in [6.07, 6.45) is 1.13. The van der Waals surface area contributed by atoms with Crippen LogP contribution in [0, 0.1) is 5.41 Å². The fourth-order valence-corrected chi connectivity index (χ4v) is 4.40. The minimum Gasteiger partial charge on any atom is -0.382 e. The van der Waals surface area contributed by atoms with E-state index in [9.17, 15) is 9.59 Å². The van der Waals surface area contributed by atoms with Gasteiger partial charge >= 0.3 is 0 Å². The van der Waals surface area contributed by atoms with Crippen LogP contribution in [0.5, 0.6) is 0 Å². The van der Waals surface area contributed by atoms with Crippen molar-refractivity contribution >= 4 is 35.3 Å². The lowest BCUT2D eigenvalue weighted by Gasteiger charge is -2.36. The molecule has 1 aromatic heterocycles. The Morgan fingerprint density at radius 3 is 2.76 bits per heavy atom. The number of rotatable bonds is 8. The van der Waals surface area contributed by atoms with Crippen molar-refractivity contribution in [3.05, 3.63) is 64.5 Å². The Hall–Kier alpha value is -3.86. The Morgan fingerprint density at radius 2 is 2.08 bits per heavy atom. The Kier molecular flexibility index (Phi) is 8.05. The summed E-state index contributed by atoms with van der Waals surface area (Å²) in [6.45, 7) is 2.70. The number of hydrogen-bond donors (Lipinski definition) is 3. The minimum atomic E-state index is -3.32. The maximum atomic E-state index is 15.1. The molecule has 3 N–H and O–H groups in total. The van der Waals surface area contributed by atoms with Crippen LogP contribution in [-0.2, 0) is 4.79 Å². The average Bonchev–Trinajstić information content (AvgIpc) is 3.35. The van der Waals surface area contributed by atoms with Crippen LogP contribution < -0.4 is 10.6 Å². The lowest BCUT2D eigenvalue weighted by molar-refractivity contribution is -0.144. The summed E-state index contributed by atoms with van der Waals surface area (Å²) in [7, 11) is 0. The van der Waals surface area contributed by atoms with Crippen molar-refractivity contribution in [1.29, 1.82) is 5.41 Å². The molecule has 0 spiro atoms. The number of likely N-dealkylation sites (tertiary alicyclic amines) is 1. The van der Waals surface area contributed by atoms with Crippen LogP contribution in [-0.4, -0.2) is 64.7 Å². The molecule has 9 nitrogen and oxygen atoms in total. The van der Waals surface area contributed by atoms with E-state index in [0.29, 0.717) is 21.8 Å². The Bertz CT molecular complexity index is 1350. The molecule has 0 radical (unpaired) electrons. The highest BCUT2D eigenvalue weighted by molar-refractivity contribution is 6.31. The second-order valence-electron chi connectivity index (χ2n) is 9.31. The molecule has 2 aromatic carbocycles. The Balaban J connectivity index is 1.41. The number of hydrogen-bond acceptors (Lipinski definition) is 7. The second-order valence-corrected chi connectivity index (χ2v) is 9.75. The highest BCUT2D eigenvalue weighted by Crippen LogP contribution is 2.40. The monoisotopic (exact) mass is 544 g/mol. The molecule has 1 saturated heterocycles. The maximum Gasteiger partial charge on any atom is 0.276 e.